The second kappa shape index (κ2) is 5.61. The van der Waals surface area contributed by atoms with Crippen LogP contribution < -0.4 is 0 Å². The van der Waals surface area contributed by atoms with Crippen molar-refractivity contribution in [1.29, 1.82) is 0 Å². The van der Waals surface area contributed by atoms with E-state index in [0.29, 0.717) is 6.54 Å². The highest BCUT2D eigenvalue weighted by atomic mass is 16.1. The fourth-order valence-electron chi connectivity index (χ4n) is 2.54. The summed E-state index contributed by atoms with van der Waals surface area (Å²) >= 11 is 0. The average molecular weight is 270 g/mol. The summed E-state index contributed by atoms with van der Waals surface area (Å²) in [6.45, 7) is 10.6. The fraction of sp³-hybridized carbons (Fsp3) is 0.412. The Labute approximate surface area is 120 Å². The molecule has 0 radical (unpaired) electrons. The standard InChI is InChI=1S/C17H22N2O/c1-6-16-13(4)18-19(14(16)5)10-17(20)15-8-7-11(2)12(3)9-15/h7-9H,6,10H2,1-5H3. The normalized spacial score (nSPS) is 10.8. The summed E-state index contributed by atoms with van der Waals surface area (Å²) in [7, 11) is 0. The first kappa shape index (κ1) is 14.5. The van der Waals surface area contributed by atoms with Gasteiger partial charge < -0.3 is 0 Å². The SMILES string of the molecule is CCc1c(C)nn(CC(=O)c2ccc(C)c(C)c2)c1C. The van der Waals surface area contributed by atoms with E-state index in [1.54, 1.807) is 0 Å². The maximum absolute atomic E-state index is 12.4. The number of Topliss-reactive ketones (excluding diaryl/α,β-unsaturated/α-hetero) is 1. The predicted molar refractivity (Wildman–Crippen MR) is 81.3 cm³/mol. The number of ketones is 1. The molecule has 20 heavy (non-hydrogen) atoms. The molecular weight excluding hydrogens is 248 g/mol. The lowest BCUT2D eigenvalue weighted by Gasteiger charge is -2.07. The predicted octanol–water partition coefficient (Wildman–Crippen LogP) is 3.56. The largest absolute Gasteiger partial charge is 0.292 e. The molecule has 0 saturated heterocycles. The minimum Gasteiger partial charge on any atom is -0.292 e. The van der Waals surface area contributed by atoms with Crippen LogP contribution >= 0.6 is 0 Å². The van der Waals surface area contributed by atoms with Gasteiger partial charge in [0.15, 0.2) is 5.78 Å². The molecule has 3 nitrogen and oxygen atoms in total. The van der Waals surface area contributed by atoms with Crippen LogP contribution in [0.5, 0.6) is 0 Å². The highest BCUT2D eigenvalue weighted by Gasteiger charge is 2.14. The first-order chi connectivity index (χ1) is 9.43. The number of aromatic nitrogens is 2. The lowest BCUT2D eigenvalue weighted by molar-refractivity contribution is 0.0966. The van der Waals surface area contributed by atoms with Crippen molar-refractivity contribution in [3.05, 3.63) is 51.8 Å². The van der Waals surface area contributed by atoms with Gasteiger partial charge in [0.05, 0.1) is 5.69 Å². The van der Waals surface area contributed by atoms with Gasteiger partial charge in [-0.3, -0.25) is 9.48 Å². The van der Waals surface area contributed by atoms with Crippen molar-refractivity contribution in [2.45, 2.75) is 47.6 Å². The van der Waals surface area contributed by atoms with Crippen LogP contribution in [0.25, 0.3) is 0 Å². The smallest absolute Gasteiger partial charge is 0.184 e. The van der Waals surface area contributed by atoms with Gasteiger partial charge in [-0.05, 0) is 56.9 Å². The van der Waals surface area contributed by atoms with Crippen LogP contribution in [0.1, 0.15) is 45.4 Å². The van der Waals surface area contributed by atoms with Gasteiger partial charge in [-0.15, -0.1) is 0 Å². The molecule has 2 rings (SSSR count). The van der Waals surface area contributed by atoms with Crippen LogP contribution in [-0.2, 0) is 13.0 Å². The van der Waals surface area contributed by atoms with E-state index in [4.69, 9.17) is 0 Å². The Bertz CT molecular complexity index is 653. The second-order valence-electron chi connectivity index (χ2n) is 5.38. The van der Waals surface area contributed by atoms with Crippen molar-refractivity contribution >= 4 is 5.78 Å². The summed E-state index contributed by atoms with van der Waals surface area (Å²) in [4.78, 5) is 12.4. The van der Waals surface area contributed by atoms with Gasteiger partial charge in [0.2, 0.25) is 0 Å². The molecule has 0 aliphatic rings. The van der Waals surface area contributed by atoms with Crippen molar-refractivity contribution in [3.63, 3.8) is 0 Å². The first-order valence-corrected chi connectivity index (χ1v) is 7.07. The van der Waals surface area contributed by atoms with E-state index < -0.39 is 0 Å². The van der Waals surface area contributed by atoms with Gasteiger partial charge in [0.25, 0.3) is 0 Å². The topological polar surface area (TPSA) is 34.9 Å². The zero-order valence-electron chi connectivity index (χ0n) is 12.9. The van der Waals surface area contributed by atoms with Crippen LogP contribution in [0.2, 0.25) is 0 Å². The van der Waals surface area contributed by atoms with Gasteiger partial charge in [-0.1, -0.05) is 19.1 Å². The van der Waals surface area contributed by atoms with Crippen LogP contribution in [-0.4, -0.2) is 15.6 Å². The molecule has 0 aliphatic heterocycles. The summed E-state index contributed by atoms with van der Waals surface area (Å²) in [5.41, 5.74) is 6.50. The number of carbonyl (C=O) groups is 1. The zero-order valence-corrected chi connectivity index (χ0v) is 12.9. The molecule has 3 heteroatoms. The summed E-state index contributed by atoms with van der Waals surface area (Å²) in [6.07, 6.45) is 0.954. The Morgan fingerprint density at radius 2 is 1.85 bits per heavy atom. The Morgan fingerprint density at radius 3 is 2.40 bits per heavy atom. The summed E-state index contributed by atoms with van der Waals surface area (Å²) in [5.74, 6) is 0.112. The fourth-order valence-corrected chi connectivity index (χ4v) is 2.54. The Balaban J connectivity index is 2.25. The number of carbonyl (C=O) groups excluding carboxylic acids is 1. The first-order valence-electron chi connectivity index (χ1n) is 7.07. The number of nitrogens with zero attached hydrogens (tertiary/aromatic N) is 2. The van der Waals surface area contributed by atoms with E-state index in [1.165, 1.54) is 11.1 Å². The lowest BCUT2D eigenvalue weighted by Crippen LogP contribution is -2.13. The van der Waals surface area contributed by atoms with Crippen LogP contribution in [0.3, 0.4) is 0 Å². The molecule has 0 unspecified atom stereocenters. The second-order valence-corrected chi connectivity index (χ2v) is 5.38. The molecule has 0 spiro atoms. The minimum atomic E-state index is 0.112. The number of hydrogen-bond acceptors (Lipinski definition) is 2. The molecule has 2 aromatic rings. The molecule has 1 aromatic carbocycles. The summed E-state index contributed by atoms with van der Waals surface area (Å²) in [6, 6.07) is 5.86. The third-order valence-electron chi connectivity index (χ3n) is 4.01. The number of benzene rings is 1. The molecule has 0 N–H and O–H groups in total. The van der Waals surface area contributed by atoms with Gasteiger partial charge in [0, 0.05) is 11.3 Å². The van der Waals surface area contributed by atoms with Crippen molar-refractivity contribution < 1.29 is 4.79 Å². The molecule has 1 heterocycles. The number of hydrogen-bond donors (Lipinski definition) is 0. The van der Waals surface area contributed by atoms with E-state index in [1.807, 2.05) is 43.7 Å². The van der Waals surface area contributed by atoms with Crippen molar-refractivity contribution in [2.75, 3.05) is 0 Å². The molecule has 0 fully saturated rings. The molecule has 0 amide bonds. The van der Waals surface area contributed by atoms with E-state index in [2.05, 4.69) is 18.9 Å². The van der Waals surface area contributed by atoms with Crippen LogP contribution in [0.4, 0.5) is 0 Å². The maximum Gasteiger partial charge on any atom is 0.184 e. The van der Waals surface area contributed by atoms with E-state index in [9.17, 15) is 4.79 Å². The third-order valence-corrected chi connectivity index (χ3v) is 4.01. The average Bonchev–Trinajstić information content (AvgIpc) is 2.67. The zero-order chi connectivity index (χ0) is 14.9. The van der Waals surface area contributed by atoms with Crippen molar-refractivity contribution in [1.82, 2.24) is 9.78 Å². The molecule has 0 aliphatic carbocycles. The molecular formula is C17H22N2O. The monoisotopic (exact) mass is 270 g/mol. The highest BCUT2D eigenvalue weighted by Crippen LogP contribution is 2.15. The van der Waals surface area contributed by atoms with Crippen LogP contribution in [0.15, 0.2) is 18.2 Å². The molecule has 0 bridgehead atoms. The molecule has 0 atom stereocenters. The summed E-state index contributed by atoms with van der Waals surface area (Å²) in [5, 5.41) is 4.48. The van der Waals surface area contributed by atoms with Crippen molar-refractivity contribution in [2.24, 2.45) is 0 Å². The van der Waals surface area contributed by atoms with Gasteiger partial charge >= 0.3 is 0 Å². The highest BCUT2D eigenvalue weighted by molar-refractivity contribution is 5.96. The van der Waals surface area contributed by atoms with Crippen LogP contribution in [0, 0.1) is 27.7 Å². The molecule has 106 valence electrons. The van der Waals surface area contributed by atoms with E-state index >= 15 is 0 Å². The third kappa shape index (κ3) is 2.67. The summed E-state index contributed by atoms with van der Waals surface area (Å²) < 4.78 is 1.83. The lowest BCUT2D eigenvalue weighted by atomic mass is 10.0. The number of aryl methyl sites for hydroxylation is 3. The van der Waals surface area contributed by atoms with Gasteiger partial charge in [-0.2, -0.15) is 5.10 Å². The van der Waals surface area contributed by atoms with Gasteiger partial charge in [0.1, 0.15) is 6.54 Å². The van der Waals surface area contributed by atoms with Crippen molar-refractivity contribution in [3.8, 4) is 0 Å². The number of rotatable bonds is 4. The Hall–Kier alpha value is -1.90. The quantitative estimate of drug-likeness (QED) is 0.796. The van der Waals surface area contributed by atoms with E-state index in [-0.39, 0.29) is 5.78 Å². The van der Waals surface area contributed by atoms with Gasteiger partial charge in [-0.25, -0.2) is 0 Å². The maximum atomic E-state index is 12.4. The Kier molecular flexibility index (Phi) is 4.07. The Morgan fingerprint density at radius 1 is 1.15 bits per heavy atom. The molecule has 1 aromatic heterocycles. The minimum absolute atomic E-state index is 0.112. The molecule has 0 saturated carbocycles. The van der Waals surface area contributed by atoms with E-state index in [0.717, 1.165) is 28.9 Å².